The third-order valence-electron chi connectivity index (χ3n) is 7.67. The minimum absolute atomic E-state index is 0.00191. The van der Waals surface area contributed by atoms with E-state index in [9.17, 15) is 35.7 Å². The van der Waals surface area contributed by atoms with E-state index < -0.39 is 43.1 Å². The standard InChI is InChI=1S/C33H31NO11/c1-34(2)18-7-3-16(4-8-18)5-9-20-14-21-27-24(42-20)12-19(36)13-25(27)43-31(17-6-10-22(37)23(38)11-17)32(21)45-33-30(41)29(40)28(39)26(15-35)44-33/h3-14,26,28-30,33,35,39-41H,15H2,1-2H3,(H2,36,37,38)/p+1. The summed E-state index contributed by atoms with van der Waals surface area (Å²) in [5.74, 6) is -1.000. The summed E-state index contributed by atoms with van der Waals surface area (Å²) in [6, 6.07) is 8.35. The Morgan fingerprint density at radius 2 is 1.53 bits per heavy atom. The number of nitrogens with zero attached hydrogens (tertiary/aromatic N) is 1. The number of rotatable bonds is 5. The summed E-state index contributed by atoms with van der Waals surface area (Å²) in [7, 11) is 3.89. The Kier molecular flexibility index (Phi) is 7.99. The van der Waals surface area contributed by atoms with Crippen molar-refractivity contribution in [3.8, 4) is 45.4 Å². The molecule has 45 heavy (non-hydrogen) atoms. The van der Waals surface area contributed by atoms with Crippen LogP contribution in [0.25, 0.3) is 39.7 Å². The molecule has 0 amide bonds. The second-order valence-corrected chi connectivity index (χ2v) is 11.0. The molecule has 0 radical (unpaired) electrons. The summed E-state index contributed by atoms with van der Waals surface area (Å²) < 4.78 is 26.1. The molecule has 4 aliphatic rings. The number of hydrogen-bond donors (Lipinski definition) is 7. The van der Waals surface area contributed by atoms with Crippen molar-refractivity contribution in [1.82, 2.24) is 0 Å². The topological polar surface area (TPSA) is 189 Å². The molecule has 0 aromatic heterocycles. The highest BCUT2D eigenvalue weighted by Gasteiger charge is 2.45. The monoisotopic (exact) mass is 618 g/mol. The van der Waals surface area contributed by atoms with E-state index in [1.54, 1.807) is 12.1 Å². The van der Waals surface area contributed by atoms with Crippen molar-refractivity contribution in [2.75, 3.05) is 20.7 Å². The normalized spacial score (nSPS) is 23.7. The molecule has 234 valence electrons. The van der Waals surface area contributed by atoms with Crippen LogP contribution in [0, 0.1) is 0 Å². The maximum absolute atomic E-state index is 10.8. The molecule has 7 N–H and O–H groups in total. The molecule has 5 unspecified atom stereocenters. The third-order valence-corrected chi connectivity index (χ3v) is 7.67. The first-order chi connectivity index (χ1) is 21.5. The highest BCUT2D eigenvalue weighted by Crippen LogP contribution is 2.48. The molecule has 0 bridgehead atoms. The second kappa shape index (κ2) is 11.9. The van der Waals surface area contributed by atoms with Crippen LogP contribution in [0.3, 0.4) is 0 Å². The van der Waals surface area contributed by atoms with E-state index in [1.165, 1.54) is 30.3 Å². The van der Waals surface area contributed by atoms with E-state index in [0.29, 0.717) is 16.5 Å². The lowest BCUT2D eigenvalue weighted by Crippen LogP contribution is -2.60. The van der Waals surface area contributed by atoms with Gasteiger partial charge in [-0.3, -0.25) is 0 Å². The van der Waals surface area contributed by atoms with Gasteiger partial charge in [0.15, 0.2) is 28.7 Å². The molecule has 5 atom stereocenters. The zero-order valence-electron chi connectivity index (χ0n) is 24.2. The van der Waals surface area contributed by atoms with Crippen molar-refractivity contribution in [2.45, 2.75) is 30.7 Å². The quantitative estimate of drug-likeness (QED) is 0.128. The van der Waals surface area contributed by atoms with Gasteiger partial charge in [0.1, 0.15) is 60.8 Å². The number of aliphatic hydroxyl groups is 4. The van der Waals surface area contributed by atoms with Crippen molar-refractivity contribution in [3.05, 3.63) is 77.8 Å². The number of aliphatic hydroxyl groups excluding tert-OH is 4. The van der Waals surface area contributed by atoms with E-state index in [4.69, 9.17) is 18.3 Å². The fourth-order valence-electron chi connectivity index (χ4n) is 5.23. The molecule has 2 aromatic rings. The molecule has 12 heteroatoms. The molecule has 1 saturated heterocycles. The van der Waals surface area contributed by atoms with Crippen molar-refractivity contribution in [2.24, 2.45) is 0 Å². The van der Waals surface area contributed by atoms with E-state index in [2.05, 4.69) is 0 Å². The minimum atomic E-state index is -1.74. The molecular weight excluding hydrogens is 586 g/mol. The number of phenols is 3. The Morgan fingerprint density at radius 3 is 2.20 bits per heavy atom. The first-order valence-electron chi connectivity index (χ1n) is 14.1. The summed E-state index contributed by atoms with van der Waals surface area (Å²) in [6.45, 7) is -0.667. The van der Waals surface area contributed by atoms with E-state index in [-0.39, 0.29) is 39.7 Å². The lowest BCUT2D eigenvalue weighted by atomic mass is 9.97. The lowest BCUT2D eigenvalue weighted by Gasteiger charge is -2.40. The van der Waals surface area contributed by atoms with Crippen LogP contribution >= 0.6 is 0 Å². The molecule has 0 spiro atoms. The summed E-state index contributed by atoms with van der Waals surface area (Å²) >= 11 is 0. The van der Waals surface area contributed by atoms with Crippen LogP contribution in [0.4, 0.5) is 0 Å². The zero-order chi connectivity index (χ0) is 32.0. The van der Waals surface area contributed by atoms with Gasteiger partial charge >= 0.3 is 0 Å². The first kappa shape index (κ1) is 30.2. The third kappa shape index (κ3) is 5.72. The molecule has 1 fully saturated rings. The Labute approximate surface area is 256 Å². The van der Waals surface area contributed by atoms with Crippen LogP contribution in [0.15, 0.2) is 81.2 Å². The lowest BCUT2D eigenvalue weighted by molar-refractivity contribution is -0.462. The Balaban J connectivity index is 1.58. The highest BCUT2D eigenvalue weighted by molar-refractivity contribution is 6.02. The van der Waals surface area contributed by atoms with Gasteiger partial charge in [0, 0.05) is 35.4 Å². The molecule has 12 nitrogen and oxygen atoms in total. The van der Waals surface area contributed by atoms with Crippen molar-refractivity contribution < 1.29 is 58.6 Å². The Morgan fingerprint density at radius 1 is 0.822 bits per heavy atom. The summed E-state index contributed by atoms with van der Waals surface area (Å²) in [4.78, 5) is 0. The van der Waals surface area contributed by atoms with E-state index in [0.717, 1.165) is 11.3 Å². The van der Waals surface area contributed by atoms with Gasteiger partial charge in [-0.1, -0.05) is 6.08 Å². The van der Waals surface area contributed by atoms with Crippen LogP contribution in [0.2, 0.25) is 0 Å². The number of hydrogen-bond acceptors (Lipinski definition) is 11. The Hall–Kier alpha value is -4.85. The Bertz CT molecular complexity index is 1900. The average Bonchev–Trinajstić information content (AvgIpc) is 3.02. The van der Waals surface area contributed by atoms with Gasteiger partial charge in [-0.05, 0) is 48.1 Å². The summed E-state index contributed by atoms with van der Waals surface area (Å²) in [5, 5.41) is 72.0. The number of phenolic OH excluding ortho intramolecular Hbond substituents is 3. The number of aromatic hydroxyl groups is 3. The van der Waals surface area contributed by atoms with E-state index >= 15 is 0 Å². The summed E-state index contributed by atoms with van der Waals surface area (Å²) in [6.07, 6.45) is 3.50. The summed E-state index contributed by atoms with van der Waals surface area (Å²) in [5.41, 5.74) is 3.68. The van der Waals surface area contributed by atoms with Gasteiger partial charge in [-0.25, -0.2) is 4.58 Å². The predicted octanol–water partition coefficient (Wildman–Crippen LogP) is 1.92. The van der Waals surface area contributed by atoms with Gasteiger partial charge in [0.2, 0.25) is 6.29 Å². The molecule has 3 aliphatic heterocycles. The highest BCUT2D eigenvalue weighted by atomic mass is 16.7. The number of allylic oxidation sites excluding steroid dienone is 6. The smallest absolute Gasteiger partial charge is 0.229 e. The number of ether oxygens (including phenoxy) is 2. The average molecular weight is 619 g/mol. The van der Waals surface area contributed by atoms with E-state index in [1.807, 2.05) is 49.1 Å². The molecule has 1 aliphatic carbocycles. The van der Waals surface area contributed by atoms with Crippen LogP contribution in [-0.4, -0.2) is 97.4 Å². The maximum Gasteiger partial charge on any atom is 0.229 e. The fourth-order valence-corrected chi connectivity index (χ4v) is 5.23. The zero-order valence-corrected chi connectivity index (χ0v) is 24.2. The first-order valence-corrected chi connectivity index (χ1v) is 14.1. The van der Waals surface area contributed by atoms with Gasteiger partial charge in [-0.15, -0.1) is 0 Å². The molecule has 2 aromatic carbocycles. The largest absolute Gasteiger partial charge is 0.508 e. The van der Waals surface area contributed by atoms with Crippen molar-refractivity contribution >= 4 is 23.0 Å². The molecule has 0 saturated carbocycles. The van der Waals surface area contributed by atoms with Gasteiger partial charge in [-0.2, -0.15) is 0 Å². The second-order valence-electron chi connectivity index (χ2n) is 11.0. The van der Waals surface area contributed by atoms with Crippen LogP contribution < -0.4 is 10.2 Å². The van der Waals surface area contributed by atoms with Crippen LogP contribution in [0.5, 0.6) is 23.0 Å². The molecule has 3 heterocycles. The SMILES string of the molecule is C[N+](C)=C1C=CC(=C/C=c2\cc3c(OC4OC(CO)C(O)C(O)C4O)c(-c4ccc(O)c(O)c4)oc4cc(O)cc(o2)c4-3)C=C1. The number of benzene rings is 2. The van der Waals surface area contributed by atoms with Crippen LogP contribution in [-0.2, 0) is 4.74 Å². The van der Waals surface area contributed by atoms with Gasteiger partial charge < -0.3 is 54.1 Å². The van der Waals surface area contributed by atoms with Crippen LogP contribution in [0.1, 0.15) is 0 Å². The minimum Gasteiger partial charge on any atom is -0.508 e. The van der Waals surface area contributed by atoms with Crippen molar-refractivity contribution in [3.63, 3.8) is 0 Å². The van der Waals surface area contributed by atoms with Crippen molar-refractivity contribution in [1.29, 1.82) is 0 Å². The molecule has 6 rings (SSSR count). The van der Waals surface area contributed by atoms with Gasteiger partial charge in [0.05, 0.1) is 12.2 Å². The maximum atomic E-state index is 10.8. The predicted molar refractivity (Wildman–Crippen MR) is 162 cm³/mol. The molecular formula is C33H32NO11+. The van der Waals surface area contributed by atoms with Gasteiger partial charge in [0.25, 0.3) is 0 Å². The fraction of sp³-hybridized carbons (Fsp3) is 0.242.